The molecule has 1 aromatic carbocycles. The summed E-state index contributed by atoms with van der Waals surface area (Å²) in [6.45, 7) is 3.14. The average Bonchev–Trinajstić information content (AvgIpc) is 3.34. The molecule has 1 aliphatic heterocycles. The van der Waals surface area contributed by atoms with E-state index in [0.29, 0.717) is 38.8 Å². The third kappa shape index (κ3) is 3.61. The first kappa shape index (κ1) is 17.0. The number of carbonyl (C=O) groups is 2. The number of likely N-dealkylation sites (tertiary alicyclic amines) is 1. The zero-order chi connectivity index (χ0) is 17.3. The number of esters is 1. The first-order chi connectivity index (χ1) is 11.4. The minimum absolute atomic E-state index is 0.0306. The molecule has 0 bridgehead atoms. The van der Waals surface area contributed by atoms with Crippen LogP contribution in [0.1, 0.15) is 30.4 Å². The Hall–Kier alpha value is -1.88. The summed E-state index contributed by atoms with van der Waals surface area (Å²) in [4.78, 5) is 25.7. The Bertz CT molecular complexity index is 634. The molecule has 5 nitrogen and oxygen atoms in total. The van der Waals surface area contributed by atoms with Crippen molar-refractivity contribution in [3.63, 3.8) is 0 Å². The molecule has 2 fully saturated rings. The van der Waals surface area contributed by atoms with Gasteiger partial charge in [-0.3, -0.25) is 9.59 Å². The maximum Gasteiger partial charge on any atom is 0.309 e. The highest BCUT2D eigenvalue weighted by atomic mass is 16.5. The van der Waals surface area contributed by atoms with Crippen LogP contribution in [0.25, 0.3) is 0 Å². The van der Waals surface area contributed by atoms with Crippen molar-refractivity contribution in [1.29, 1.82) is 0 Å². The van der Waals surface area contributed by atoms with Crippen LogP contribution in [0.4, 0.5) is 0 Å². The number of carbonyl (C=O) groups excluding carboxylic acids is 2. The van der Waals surface area contributed by atoms with E-state index in [0.717, 1.165) is 5.56 Å². The first-order valence-electron chi connectivity index (χ1n) is 8.56. The number of aliphatic hydroxyl groups is 1. The Morgan fingerprint density at radius 1 is 1.29 bits per heavy atom. The van der Waals surface area contributed by atoms with Crippen LogP contribution in [0.2, 0.25) is 0 Å². The topological polar surface area (TPSA) is 66.8 Å². The van der Waals surface area contributed by atoms with Crippen LogP contribution in [0, 0.1) is 18.8 Å². The lowest BCUT2D eigenvalue weighted by Gasteiger charge is -2.38. The Balaban J connectivity index is 1.54. The van der Waals surface area contributed by atoms with Crippen LogP contribution >= 0.6 is 0 Å². The van der Waals surface area contributed by atoms with E-state index in [1.54, 1.807) is 4.90 Å². The summed E-state index contributed by atoms with van der Waals surface area (Å²) in [5, 5.41) is 10.8. The van der Waals surface area contributed by atoms with Crippen LogP contribution < -0.4 is 0 Å². The number of methoxy groups -OCH3 is 1. The van der Waals surface area contributed by atoms with Crippen molar-refractivity contribution in [2.45, 2.75) is 38.2 Å². The summed E-state index contributed by atoms with van der Waals surface area (Å²) in [5.74, 6) is -0.750. The largest absolute Gasteiger partial charge is 0.469 e. The van der Waals surface area contributed by atoms with Gasteiger partial charge in [-0.25, -0.2) is 0 Å². The van der Waals surface area contributed by atoms with E-state index in [2.05, 4.69) is 6.07 Å². The van der Waals surface area contributed by atoms with Crippen molar-refractivity contribution in [2.24, 2.45) is 11.8 Å². The zero-order valence-corrected chi connectivity index (χ0v) is 14.3. The van der Waals surface area contributed by atoms with Gasteiger partial charge in [0.25, 0.3) is 0 Å². The van der Waals surface area contributed by atoms with Gasteiger partial charge in [-0.15, -0.1) is 0 Å². The lowest BCUT2D eigenvalue weighted by Crippen LogP contribution is -2.48. The number of nitrogens with zero attached hydrogens (tertiary/aromatic N) is 1. The lowest BCUT2D eigenvalue weighted by molar-refractivity contribution is -0.145. The second-order valence-electron chi connectivity index (χ2n) is 7.19. The second kappa shape index (κ2) is 6.55. The zero-order valence-electron chi connectivity index (χ0n) is 14.3. The summed E-state index contributed by atoms with van der Waals surface area (Å²) in [7, 11) is 1.36. The van der Waals surface area contributed by atoms with Gasteiger partial charge in [0.2, 0.25) is 5.91 Å². The van der Waals surface area contributed by atoms with Gasteiger partial charge in [-0.2, -0.15) is 0 Å². The van der Waals surface area contributed by atoms with E-state index in [9.17, 15) is 14.7 Å². The van der Waals surface area contributed by atoms with Gasteiger partial charge in [0.1, 0.15) is 0 Å². The molecule has 24 heavy (non-hydrogen) atoms. The molecule has 2 atom stereocenters. The Labute approximate surface area is 142 Å². The molecule has 0 unspecified atom stereocenters. The quantitative estimate of drug-likeness (QED) is 0.853. The van der Waals surface area contributed by atoms with Gasteiger partial charge in [-0.05, 0) is 31.7 Å². The Kier molecular flexibility index (Phi) is 4.63. The number of benzene rings is 1. The number of aryl methyl sites for hydroxylation is 1. The maximum absolute atomic E-state index is 12.4. The number of piperidine rings is 1. The van der Waals surface area contributed by atoms with Gasteiger partial charge < -0.3 is 14.7 Å². The highest BCUT2D eigenvalue weighted by Gasteiger charge is 2.51. The number of hydrogen-bond acceptors (Lipinski definition) is 4. The minimum atomic E-state index is -0.754. The fourth-order valence-electron chi connectivity index (χ4n) is 3.64. The molecular formula is C19H25NO4. The third-order valence-electron chi connectivity index (χ3n) is 5.23. The molecule has 1 amide bonds. The molecule has 5 heteroatoms. The van der Waals surface area contributed by atoms with E-state index < -0.39 is 5.60 Å². The summed E-state index contributed by atoms with van der Waals surface area (Å²) in [6, 6.07) is 8.18. The molecule has 1 saturated heterocycles. The van der Waals surface area contributed by atoms with Crippen LogP contribution in [0.5, 0.6) is 0 Å². The molecule has 3 rings (SSSR count). The number of amides is 1. The fourth-order valence-corrected chi connectivity index (χ4v) is 3.64. The van der Waals surface area contributed by atoms with Crippen LogP contribution in [0.3, 0.4) is 0 Å². The number of rotatable bonds is 4. The van der Waals surface area contributed by atoms with Crippen molar-refractivity contribution in [3.05, 3.63) is 35.4 Å². The first-order valence-corrected chi connectivity index (χ1v) is 8.56. The second-order valence-corrected chi connectivity index (χ2v) is 7.19. The van der Waals surface area contributed by atoms with Gasteiger partial charge in [0.15, 0.2) is 0 Å². The van der Waals surface area contributed by atoms with E-state index in [4.69, 9.17) is 4.74 Å². The molecule has 0 radical (unpaired) electrons. The Morgan fingerprint density at radius 3 is 2.62 bits per heavy atom. The fraction of sp³-hybridized carbons (Fsp3) is 0.579. The molecular weight excluding hydrogens is 306 g/mol. The van der Waals surface area contributed by atoms with Crippen molar-refractivity contribution >= 4 is 11.9 Å². The van der Waals surface area contributed by atoms with Crippen LogP contribution in [0.15, 0.2) is 24.3 Å². The van der Waals surface area contributed by atoms with Gasteiger partial charge in [0, 0.05) is 19.5 Å². The third-order valence-corrected chi connectivity index (χ3v) is 5.23. The van der Waals surface area contributed by atoms with Crippen LogP contribution in [-0.4, -0.2) is 47.7 Å². The van der Waals surface area contributed by atoms with Crippen molar-refractivity contribution in [3.8, 4) is 0 Å². The summed E-state index contributed by atoms with van der Waals surface area (Å²) >= 11 is 0. The number of ether oxygens (including phenoxy) is 1. The van der Waals surface area contributed by atoms with E-state index in [1.807, 2.05) is 25.1 Å². The molecule has 1 N–H and O–H groups in total. The standard InChI is InChI=1S/C19H25NO4/c1-13-4-3-5-14(10-13)12-19(23)6-8-20(9-7-19)17(21)15-11-16(15)18(22)24-2/h3-5,10,15-16,23H,6-9,11-12H2,1-2H3/t15-,16-/m0/s1. The van der Waals surface area contributed by atoms with E-state index in [1.165, 1.54) is 12.7 Å². The summed E-state index contributed by atoms with van der Waals surface area (Å²) in [6.07, 6.45) is 2.35. The van der Waals surface area contributed by atoms with E-state index in [-0.39, 0.29) is 23.7 Å². The SMILES string of the molecule is COC(=O)[C@H]1C[C@@H]1C(=O)N1CCC(O)(Cc2cccc(C)c2)CC1. The summed E-state index contributed by atoms with van der Waals surface area (Å²) < 4.78 is 4.70. The number of hydrogen-bond donors (Lipinski definition) is 1. The Morgan fingerprint density at radius 2 is 2.00 bits per heavy atom. The smallest absolute Gasteiger partial charge is 0.309 e. The minimum Gasteiger partial charge on any atom is -0.469 e. The van der Waals surface area contributed by atoms with Crippen molar-refractivity contribution < 1.29 is 19.4 Å². The van der Waals surface area contributed by atoms with Crippen LogP contribution in [-0.2, 0) is 20.7 Å². The summed E-state index contributed by atoms with van der Waals surface area (Å²) in [5.41, 5.74) is 1.56. The van der Waals surface area contributed by atoms with Crippen molar-refractivity contribution in [1.82, 2.24) is 4.90 Å². The molecule has 1 saturated carbocycles. The molecule has 0 spiro atoms. The normalized spacial score (nSPS) is 25.2. The monoisotopic (exact) mass is 331 g/mol. The molecule has 130 valence electrons. The highest BCUT2D eigenvalue weighted by molar-refractivity contribution is 5.90. The van der Waals surface area contributed by atoms with Gasteiger partial charge >= 0.3 is 5.97 Å². The molecule has 1 aromatic rings. The predicted molar refractivity (Wildman–Crippen MR) is 89.3 cm³/mol. The van der Waals surface area contributed by atoms with Gasteiger partial charge in [-0.1, -0.05) is 29.8 Å². The maximum atomic E-state index is 12.4. The van der Waals surface area contributed by atoms with Gasteiger partial charge in [0.05, 0.1) is 24.5 Å². The van der Waals surface area contributed by atoms with Crippen molar-refractivity contribution in [2.75, 3.05) is 20.2 Å². The molecule has 2 aliphatic rings. The van der Waals surface area contributed by atoms with E-state index >= 15 is 0 Å². The average molecular weight is 331 g/mol. The highest BCUT2D eigenvalue weighted by Crippen LogP contribution is 2.41. The lowest BCUT2D eigenvalue weighted by atomic mass is 9.85. The molecule has 0 aromatic heterocycles. The molecule has 1 heterocycles. The molecule has 1 aliphatic carbocycles. The predicted octanol–water partition coefficient (Wildman–Crippen LogP) is 1.70.